The Hall–Kier alpha value is -3.73. The predicted octanol–water partition coefficient (Wildman–Crippen LogP) is 3.71. The number of benzene rings is 1. The molecular formula is C22H25N7O3S. The second-order valence-corrected chi connectivity index (χ2v) is 9.12. The Morgan fingerprint density at radius 1 is 1.06 bits per heavy atom. The summed E-state index contributed by atoms with van der Waals surface area (Å²) < 4.78 is 37.9. The summed E-state index contributed by atoms with van der Waals surface area (Å²) in [6.45, 7) is 9.62. The van der Waals surface area contributed by atoms with Crippen LogP contribution in [0.4, 0.5) is 5.69 Å². The number of nitrogens with one attached hydrogen (secondary N) is 1. The van der Waals surface area contributed by atoms with Crippen LogP contribution in [0.5, 0.6) is 11.6 Å². The molecule has 0 fully saturated rings. The lowest BCUT2D eigenvalue weighted by Gasteiger charge is -2.11. The highest BCUT2D eigenvalue weighted by molar-refractivity contribution is 7.92. The molecular weight excluding hydrogens is 442 g/mol. The van der Waals surface area contributed by atoms with E-state index in [9.17, 15) is 8.42 Å². The zero-order valence-electron chi connectivity index (χ0n) is 19.1. The van der Waals surface area contributed by atoms with Gasteiger partial charge >= 0.3 is 0 Å². The molecule has 0 bridgehead atoms. The van der Waals surface area contributed by atoms with Gasteiger partial charge < -0.3 is 4.74 Å². The lowest BCUT2D eigenvalue weighted by Crippen LogP contribution is -2.15. The largest absolute Gasteiger partial charge is 0.439 e. The molecule has 4 rings (SSSR count). The van der Waals surface area contributed by atoms with Crippen LogP contribution in [-0.2, 0) is 16.6 Å². The van der Waals surface area contributed by atoms with Crippen molar-refractivity contribution in [2.75, 3.05) is 4.72 Å². The fraction of sp³-hybridized carbons (Fsp3) is 0.273. The number of sulfonamides is 1. The lowest BCUT2D eigenvalue weighted by molar-refractivity contribution is 0.459. The van der Waals surface area contributed by atoms with E-state index in [1.165, 1.54) is 0 Å². The highest BCUT2D eigenvalue weighted by Crippen LogP contribution is 2.26. The van der Waals surface area contributed by atoms with Gasteiger partial charge in [0.05, 0.1) is 11.4 Å². The fourth-order valence-corrected chi connectivity index (χ4v) is 5.09. The van der Waals surface area contributed by atoms with Crippen molar-refractivity contribution in [2.24, 2.45) is 0 Å². The monoisotopic (exact) mass is 467 g/mol. The average Bonchev–Trinajstić information content (AvgIpc) is 3.31. The van der Waals surface area contributed by atoms with Gasteiger partial charge in [0.15, 0.2) is 0 Å². The average molecular weight is 468 g/mol. The number of anilines is 1. The fourth-order valence-electron chi connectivity index (χ4n) is 3.62. The van der Waals surface area contributed by atoms with E-state index in [0.29, 0.717) is 46.9 Å². The van der Waals surface area contributed by atoms with Crippen molar-refractivity contribution in [3.63, 3.8) is 0 Å². The molecule has 0 saturated carbocycles. The van der Waals surface area contributed by atoms with E-state index in [1.807, 2.05) is 24.6 Å². The first-order chi connectivity index (χ1) is 15.7. The van der Waals surface area contributed by atoms with Gasteiger partial charge in [0.1, 0.15) is 28.1 Å². The summed E-state index contributed by atoms with van der Waals surface area (Å²) in [5, 5.41) is 4.30. The summed E-state index contributed by atoms with van der Waals surface area (Å²) in [5.74, 6) is 2.88. The van der Waals surface area contributed by atoms with Crippen molar-refractivity contribution >= 4 is 15.7 Å². The van der Waals surface area contributed by atoms with Crippen LogP contribution >= 0.6 is 0 Å². The number of hydrogen-bond donors (Lipinski definition) is 1. The summed E-state index contributed by atoms with van der Waals surface area (Å²) in [7, 11) is -3.78. The predicted molar refractivity (Wildman–Crippen MR) is 123 cm³/mol. The lowest BCUT2D eigenvalue weighted by atomic mass is 10.3. The zero-order valence-corrected chi connectivity index (χ0v) is 19.9. The van der Waals surface area contributed by atoms with Crippen LogP contribution in [-0.4, -0.2) is 37.7 Å². The van der Waals surface area contributed by atoms with Gasteiger partial charge in [-0.1, -0.05) is 0 Å². The number of imidazole rings is 1. The molecule has 0 radical (unpaired) electrons. The van der Waals surface area contributed by atoms with Gasteiger partial charge in [-0.25, -0.2) is 18.4 Å². The second-order valence-electron chi connectivity index (χ2n) is 7.50. The minimum absolute atomic E-state index is 0.198. The molecule has 11 heteroatoms. The summed E-state index contributed by atoms with van der Waals surface area (Å²) in [5.41, 5.74) is 1.48. The normalized spacial score (nSPS) is 11.5. The summed E-state index contributed by atoms with van der Waals surface area (Å²) >= 11 is 0. The van der Waals surface area contributed by atoms with Crippen LogP contribution in [0.15, 0.2) is 47.6 Å². The second kappa shape index (κ2) is 8.66. The van der Waals surface area contributed by atoms with Gasteiger partial charge in [-0.15, -0.1) is 0 Å². The van der Waals surface area contributed by atoms with Gasteiger partial charge in [-0.3, -0.25) is 14.0 Å². The molecule has 0 atom stereocenters. The molecule has 0 unspecified atom stereocenters. The van der Waals surface area contributed by atoms with E-state index < -0.39 is 10.0 Å². The molecule has 172 valence electrons. The van der Waals surface area contributed by atoms with Gasteiger partial charge in [0, 0.05) is 30.7 Å². The third-order valence-electron chi connectivity index (χ3n) is 5.09. The van der Waals surface area contributed by atoms with E-state index in [4.69, 9.17) is 4.74 Å². The first-order valence-corrected chi connectivity index (χ1v) is 11.9. The quantitative estimate of drug-likeness (QED) is 0.440. The molecule has 1 aromatic carbocycles. The van der Waals surface area contributed by atoms with Crippen molar-refractivity contribution in [1.29, 1.82) is 0 Å². The molecule has 3 heterocycles. The van der Waals surface area contributed by atoms with Crippen molar-refractivity contribution in [3.8, 4) is 17.4 Å². The number of nitrogens with zero attached hydrogens (tertiary/aromatic N) is 6. The highest BCUT2D eigenvalue weighted by atomic mass is 32.2. The number of aromatic nitrogens is 6. The maximum Gasteiger partial charge on any atom is 0.265 e. The third-order valence-corrected chi connectivity index (χ3v) is 6.72. The molecule has 0 amide bonds. The van der Waals surface area contributed by atoms with Crippen LogP contribution in [0.2, 0.25) is 0 Å². The van der Waals surface area contributed by atoms with Crippen LogP contribution < -0.4 is 9.46 Å². The highest BCUT2D eigenvalue weighted by Gasteiger charge is 2.24. The standard InChI is InChI=1S/C22H25N7O3S/c1-6-29-15(3)22(14(2)26-29)33(30,31)27-18-7-9-19(10-8-18)32-21-13-20(24-16(4)25-21)28-12-11-23-17(28)5/h7-13,27H,6H2,1-5H3. The number of hydrogen-bond acceptors (Lipinski definition) is 7. The first kappa shape index (κ1) is 22.5. The summed E-state index contributed by atoms with van der Waals surface area (Å²) in [6.07, 6.45) is 3.51. The molecule has 0 spiro atoms. The Labute approximate surface area is 192 Å². The molecule has 0 saturated heterocycles. The SMILES string of the molecule is CCn1nc(C)c(S(=O)(=O)Nc2ccc(Oc3cc(-n4ccnc4C)nc(C)n3)cc2)c1C. The van der Waals surface area contributed by atoms with E-state index in [0.717, 1.165) is 5.82 Å². The third kappa shape index (κ3) is 4.58. The van der Waals surface area contributed by atoms with Crippen LogP contribution in [0.25, 0.3) is 5.82 Å². The van der Waals surface area contributed by atoms with Crippen LogP contribution in [0.1, 0.15) is 30.0 Å². The zero-order chi connectivity index (χ0) is 23.8. The van der Waals surface area contributed by atoms with E-state index in [-0.39, 0.29) is 4.90 Å². The van der Waals surface area contributed by atoms with Gasteiger partial charge in [-0.05, 0) is 58.9 Å². The molecule has 33 heavy (non-hydrogen) atoms. The van der Waals surface area contributed by atoms with E-state index in [1.54, 1.807) is 62.0 Å². The van der Waals surface area contributed by atoms with Crippen molar-refractivity contribution < 1.29 is 13.2 Å². The Kier molecular flexibility index (Phi) is 5.90. The molecule has 0 aliphatic rings. The molecule has 3 aromatic heterocycles. The maximum absolute atomic E-state index is 12.9. The molecule has 4 aromatic rings. The Bertz CT molecular complexity index is 1410. The van der Waals surface area contributed by atoms with E-state index in [2.05, 4.69) is 24.8 Å². The minimum Gasteiger partial charge on any atom is -0.439 e. The van der Waals surface area contributed by atoms with Crippen LogP contribution in [0, 0.1) is 27.7 Å². The molecule has 10 nitrogen and oxygen atoms in total. The molecule has 0 aliphatic heterocycles. The summed E-state index contributed by atoms with van der Waals surface area (Å²) in [4.78, 5) is 13.2. The van der Waals surface area contributed by atoms with Gasteiger partial charge in [0.2, 0.25) is 5.88 Å². The van der Waals surface area contributed by atoms with Crippen LogP contribution in [0.3, 0.4) is 0 Å². The van der Waals surface area contributed by atoms with Gasteiger partial charge in [-0.2, -0.15) is 10.1 Å². The Morgan fingerprint density at radius 2 is 1.79 bits per heavy atom. The molecule has 0 aliphatic carbocycles. The van der Waals surface area contributed by atoms with Crippen molar-refractivity contribution in [2.45, 2.75) is 46.1 Å². The van der Waals surface area contributed by atoms with Crippen molar-refractivity contribution in [1.82, 2.24) is 29.3 Å². The van der Waals surface area contributed by atoms with Gasteiger partial charge in [0.25, 0.3) is 10.0 Å². The number of aryl methyl sites for hydroxylation is 4. The molecule has 1 N–H and O–H groups in total. The minimum atomic E-state index is -3.78. The summed E-state index contributed by atoms with van der Waals surface area (Å²) in [6, 6.07) is 8.34. The van der Waals surface area contributed by atoms with Crippen molar-refractivity contribution in [3.05, 3.63) is 65.8 Å². The number of rotatable bonds is 7. The smallest absolute Gasteiger partial charge is 0.265 e. The Morgan fingerprint density at radius 3 is 2.39 bits per heavy atom. The van der Waals surface area contributed by atoms with E-state index >= 15 is 0 Å². The first-order valence-electron chi connectivity index (χ1n) is 10.4. The topological polar surface area (TPSA) is 117 Å². The number of ether oxygens (including phenoxy) is 1. The maximum atomic E-state index is 12.9. The Balaban J connectivity index is 1.53.